The SMILES string of the molecule is CON=C(c1cc(OC)c(OC)c(OC)c1)c1nc(-c2ccc(OC)cc2)c[se]1. The first-order chi connectivity index (χ1) is 14.1. The predicted octanol–water partition coefficient (Wildman–Crippen LogP) is 3.24. The summed E-state index contributed by atoms with van der Waals surface area (Å²) in [6, 6.07) is 11.5. The van der Waals surface area contributed by atoms with Crippen molar-refractivity contribution in [3.05, 3.63) is 51.5 Å². The average Bonchev–Trinajstić information content (AvgIpc) is 3.26. The molecule has 29 heavy (non-hydrogen) atoms. The number of benzene rings is 2. The number of rotatable bonds is 8. The molecular formula is C21H22N2O5Se. The quantitative estimate of drug-likeness (QED) is 0.292. The Kier molecular flexibility index (Phi) is 6.80. The van der Waals surface area contributed by atoms with Gasteiger partial charge in [0.2, 0.25) is 0 Å². The van der Waals surface area contributed by atoms with Gasteiger partial charge >= 0.3 is 175 Å². The predicted molar refractivity (Wildman–Crippen MR) is 112 cm³/mol. The summed E-state index contributed by atoms with van der Waals surface area (Å²) >= 11 is -0.00692. The van der Waals surface area contributed by atoms with E-state index in [0.29, 0.717) is 23.0 Å². The number of hydrogen-bond donors (Lipinski definition) is 0. The molecule has 2 aromatic carbocycles. The Bertz CT molecular complexity index is 974. The van der Waals surface area contributed by atoms with Crippen molar-refractivity contribution in [3.63, 3.8) is 0 Å². The van der Waals surface area contributed by atoms with Crippen LogP contribution in [0.4, 0.5) is 0 Å². The second-order valence-electron chi connectivity index (χ2n) is 5.80. The summed E-state index contributed by atoms with van der Waals surface area (Å²) in [4.78, 5) is 12.0. The van der Waals surface area contributed by atoms with E-state index in [1.807, 2.05) is 36.4 Å². The van der Waals surface area contributed by atoms with Gasteiger partial charge in [-0.05, 0) is 0 Å². The molecule has 152 valence electrons. The van der Waals surface area contributed by atoms with Crippen molar-refractivity contribution in [1.82, 2.24) is 4.98 Å². The van der Waals surface area contributed by atoms with Crippen LogP contribution in [0.2, 0.25) is 0 Å². The molecule has 0 amide bonds. The summed E-state index contributed by atoms with van der Waals surface area (Å²) in [6.45, 7) is 0. The molecule has 0 spiro atoms. The Hall–Kier alpha value is -2.96. The first-order valence-corrected chi connectivity index (χ1v) is 10.5. The summed E-state index contributed by atoms with van der Waals surface area (Å²) in [6.07, 6.45) is 0. The first kappa shape index (κ1) is 20.8. The van der Waals surface area contributed by atoms with Crippen molar-refractivity contribution in [1.29, 1.82) is 0 Å². The standard InChI is InChI=1S/C21H22N2O5Se/c1-24-15-8-6-13(7-9-15)16-12-29-21(22-16)19(23-28-5)14-10-17(25-2)20(27-4)18(11-14)26-3/h6-12H,1-5H3. The summed E-state index contributed by atoms with van der Waals surface area (Å²) in [5.41, 5.74) is 3.32. The van der Waals surface area contributed by atoms with E-state index in [2.05, 4.69) is 10.1 Å². The zero-order valence-electron chi connectivity index (χ0n) is 16.9. The summed E-state index contributed by atoms with van der Waals surface area (Å²) < 4.78 is 22.4. The van der Waals surface area contributed by atoms with E-state index in [1.165, 1.54) is 7.11 Å². The van der Waals surface area contributed by atoms with Gasteiger partial charge < -0.3 is 0 Å². The monoisotopic (exact) mass is 462 g/mol. The molecule has 0 atom stereocenters. The van der Waals surface area contributed by atoms with E-state index >= 15 is 0 Å². The Labute approximate surface area is 175 Å². The zero-order valence-corrected chi connectivity index (χ0v) is 18.6. The van der Waals surface area contributed by atoms with Crippen LogP contribution in [0.15, 0.2) is 46.5 Å². The van der Waals surface area contributed by atoms with Gasteiger partial charge in [-0.2, -0.15) is 0 Å². The molecule has 3 rings (SSSR count). The van der Waals surface area contributed by atoms with Crippen LogP contribution in [0.25, 0.3) is 11.3 Å². The van der Waals surface area contributed by atoms with Crippen LogP contribution in [0.1, 0.15) is 10.1 Å². The molecule has 1 aromatic heterocycles. The number of oxime groups is 1. The van der Waals surface area contributed by atoms with E-state index in [0.717, 1.165) is 27.1 Å². The van der Waals surface area contributed by atoms with Crippen molar-refractivity contribution in [2.75, 3.05) is 35.5 Å². The van der Waals surface area contributed by atoms with Gasteiger partial charge in [0.15, 0.2) is 0 Å². The molecule has 0 radical (unpaired) electrons. The van der Waals surface area contributed by atoms with Crippen molar-refractivity contribution >= 4 is 20.2 Å². The molecule has 7 nitrogen and oxygen atoms in total. The van der Waals surface area contributed by atoms with Gasteiger partial charge in [0, 0.05) is 0 Å². The van der Waals surface area contributed by atoms with Crippen LogP contribution < -0.4 is 18.9 Å². The van der Waals surface area contributed by atoms with Crippen LogP contribution >= 0.6 is 0 Å². The minimum absolute atomic E-state index is 0.00692. The van der Waals surface area contributed by atoms with Gasteiger partial charge in [-0.3, -0.25) is 0 Å². The number of ether oxygens (including phenoxy) is 4. The first-order valence-electron chi connectivity index (χ1n) is 8.67. The van der Waals surface area contributed by atoms with Gasteiger partial charge in [0.1, 0.15) is 0 Å². The van der Waals surface area contributed by atoms with Gasteiger partial charge in [0.25, 0.3) is 0 Å². The maximum atomic E-state index is 5.46. The summed E-state index contributed by atoms with van der Waals surface area (Å²) in [5, 5.41) is 4.23. The topological polar surface area (TPSA) is 71.4 Å². The van der Waals surface area contributed by atoms with Gasteiger partial charge in [0.05, 0.1) is 0 Å². The molecule has 8 heteroatoms. The molecule has 0 N–H and O–H groups in total. The molecule has 0 aliphatic rings. The molecule has 0 aliphatic carbocycles. The third-order valence-electron chi connectivity index (χ3n) is 4.21. The van der Waals surface area contributed by atoms with E-state index < -0.39 is 0 Å². The number of methoxy groups -OCH3 is 4. The number of aromatic nitrogens is 1. The van der Waals surface area contributed by atoms with E-state index in [-0.39, 0.29) is 14.5 Å². The van der Waals surface area contributed by atoms with Crippen molar-refractivity contribution in [2.45, 2.75) is 0 Å². The zero-order chi connectivity index (χ0) is 20.8. The molecular weight excluding hydrogens is 439 g/mol. The van der Waals surface area contributed by atoms with Gasteiger partial charge in [-0.15, -0.1) is 0 Å². The molecule has 0 fully saturated rings. The van der Waals surface area contributed by atoms with Gasteiger partial charge in [-0.25, -0.2) is 0 Å². The molecule has 0 bridgehead atoms. The second kappa shape index (κ2) is 9.49. The molecule has 1 heterocycles. The van der Waals surface area contributed by atoms with Crippen LogP contribution in [0.5, 0.6) is 23.0 Å². The molecule has 0 saturated heterocycles. The van der Waals surface area contributed by atoms with Crippen LogP contribution in [-0.2, 0) is 4.84 Å². The van der Waals surface area contributed by atoms with Crippen LogP contribution in [0.3, 0.4) is 0 Å². The molecule has 0 unspecified atom stereocenters. The van der Waals surface area contributed by atoms with Crippen molar-refractivity contribution in [3.8, 4) is 34.3 Å². The van der Waals surface area contributed by atoms with E-state index in [1.54, 1.807) is 28.4 Å². The maximum absolute atomic E-state index is 5.46. The third kappa shape index (κ3) is 4.39. The minimum atomic E-state index is -0.00692. The fourth-order valence-corrected chi connectivity index (χ4v) is 4.54. The van der Waals surface area contributed by atoms with Crippen molar-refractivity contribution in [2.24, 2.45) is 5.16 Å². The fraction of sp³-hybridized carbons (Fsp3) is 0.238. The van der Waals surface area contributed by atoms with Gasteiger partial charge in [-0.1, -0.05) is 0 Å². The van der Waals surface area contributed by atoms with E-state index in [4.69, 9.17) is 28.8 Å². The Balaban J connectivity index is 2.03. The second-order valence-corrected chi connectivity index (χ2v) is 7.60. The Morgan fingerprint density at radius 2 is 1.52 bits per heavy atom. The molecule has 0 saturated carbocycles. The third-order valence-corrected chi connectivity index (χ3v) is 5.99. The number of nitrogens with zero attached hydrogens (tertiary/aromatic N) is 2. The number of hydrogen-bond acceptors (Lipinski definition) is 7. The van der Waals surface area contributed by atoms with E-state index in [9.17, 15) is 0 Å². The molecule has 3 aromatic rings. The van der Waals surface area contributed by atoms with Crippen molar-refractivity contribution < 1.29 is 23.8 Å². The van der Waals surface area contributed by atoms with Crippen LogP contribution in [0, 0.1) is 0 Å². The fourth-order valence-electron chi connectivity index (χ4n) is 2.80. The normalized spacial score (nSPS) is 11.1. The summed E-state index contributed by atoms with van der Waals surface area (Å²) in [5.74, 6) is 2.41. The Morgan fingerprint density at radius 1 is 0.862 bits per heavy atom. The Morgan fingerprint density at radius 3 is 2.03 bits per heavy atom. The van der Waals surface area contributed by atoms with Crippen LogP contribution in [-0.4, -0.2) is 60.7 Å². The molecule has 0 aliphatic heterocycles. The average molecular weight is 461 g/mol. The summed E-state index contributed by atoms with van der Waals surface area (Å²) in [7, 11) is 7.88.